The van der Waals surface area contributed by atoms with Crippen molar-refractivity contribution in [2.24, 2.45) is 4.99 Å². The van der Waals surface area contributed by atoms with E-state index in [9.17, 15) is 4.79 Å². The van der Waals surface area contributed by atoms with Crippen LogP contribution in [0.2, 0.25) is 0 Å². The van der Waals surface area contributed by atoms with Gasteiger partial charge in [-0.2, -0.15) is 0 Å². The van der Waals surface area contributed by atoms with Crippen molar-refractivity contribution in [2.75, 3.05) is 13.7 Å². The molecule has 0 fully saturated rings. The number of fused-ring (bicyclic) bond motifs is 4. The van der Waals surface area contributed by atoms with Gasteiger partial charge in [-0.15, -0.1) is 0 Å². The number of ether oxygens (including phenoxy) is 3. The fraction of sp³-hybridized carbons (Fsp3) is 0.171. The van der Waals surface area contributed by atoms with Crippen molar-refractivity contribution in [1.82, 2.24) is 4.57 Å². The molecule has 7 heteroatoms. The zero-order chi connectivity index (χ0) is 32.6. The van der Waals surface area contributed by atoms with E-state index in [1.165, 1.54) is 27.7 Å². The minimum absolute atomic E-state index is 0.0637. The molecule has 1 unspecified atom stereocenters. The lowest BCUT2D eigenvalue weighted by molar-refractivity contribution is 0.270. The highest BCUT2D eigenvalue weighted by atomic mass is 32.1. The summed E-state index contributed by atoms with van der Waals surface area (Å²) in [5.74, 6) is 2.06. The average molecular weight is 651 g/mol. The van der Waals surface area contributed by atoms with E-state index in [1.807, 2.05) is 66.1 Å². The number of allylic oxidation sites excluding steroid dienone is 1. The highest BCUT2D eigenvalue weighted by Crippen LogP contribution is 2.41. The average Bonchev–Trinajstić information content (AvgIpc) is 3.44. The van der Waals surface area contributed by atoms with Gasteiger partial charge in [0, 0.05) is 5.56 Å². The maximum Gasteiger partial charge on any atom is 0.271 e. The van der Waals surface area contributed by atoms with Crippen LogP contribution in [0.1, 0.15) is 47.2 Å². The minimum Gasteiger partial charge on any atom is -0.497 e. The smallest absolute Gasteiger partial charge is 0.271 e. The lowest BCUT2D eigenvalue weighted by Gasteiger charge is -2.31. The standard InChI is InChI=1S/C41H34N2O4S/c1-3-46-36-22-26(18-21-35(36)47-25-30-14-8-12-27-10-4-6-16-32(27)30)23-37-40(44)43-39(29-13-9-15-31(24-29)45-2)34-20-19-28-11-5-7-17-33(28)38(34)42-41(43)48-37/h4-18,21-24,39H,3,19-20,25H2,1-2H3/b37-23-. The molecule has 2 aliphatic rings. The molecule has 0 bridgehead atoms. The van der Waals surface area contributed by atoms with Crippen LogP contribution in [0.3, 0.4) is 0 Å². The van der Waals surface area contributed by atoms with Gasteiger partial charge in [0.05, 0.1) is 30.0 Å². The summed E-state index contributed by atoms with van der Waals surface area (Å²) in [7, 11) is 1.67. The number of aryl methyl sites for hydroxylation is 1. The summed E-state index contributed by atoms with van der Waals surface area (Å²) in [5, 5.41) is 2.35. The van der Waals surface area contributed by atoms with Crippen molar-refractivity contribution in [2.45, 2.75) is 32.4 Å². The second-order valence-corrected chi connectivity index (χ2v) is 13.0. The van der Waals surface area contributed by atoms with Gasteiger partial charge in [0.1, 0.15) is 12.4 Å². The quantitative estimate of drug-likeness (QED) is 0.172. The van der Waals surface area contributed by atoms with Gasteiger partial charge in [-0.1, -0.05) is 96.3 Å². The van der Waals surface area contributed by atoms with Crippen LogP contribution in [-0.2, 0) is 13.0 Å². The third-order valence-corrected chi connectivity index (χ3v) is 10.1. The van der Waals surface area contributed by atoms with E-state index in [4.69, 9.17) is 19.2 Å². The summed E-state index contributed by atoms with van der Waals surface area (Å²) in [6.07, 6.45) is 3.67. The van der Waals surface area contributed by atoms with E-state index in [2.05, 4.69) is 60.7 Å². The SMILES string of the molecule is CCOc1cc(/C=c2\sc3n(c2=O)C(c2cccc(OC)c2)C2=C(N=3)c3ccccc3CC2)ccc1OCc1cccc2ccccc12. The molecule has 0 N–H and O–H groups in total. The Morgan fingerprint density at radius 1 is 0.875 bits per heavy atom. The molecule has 1 aliphatic carbocycles. The van der Waals surface area contributed by atoms with E-state index in [-0.39, 0.29) is 11.6 Å². The number of benzene rings is 5. The molecule has 0 saturated carbocycles. The number of rotatable bonds is 8. The summed E-state index contributed by atoms with van der Waals surface area (Å²) >= 11 is 1.42. The first-order valence-electron chi connectivity index (χ1n) is 16.2. The molecule has 6 nitrogen and oxygen atoms in total. The maximum absolute atomic E-state index is 14.3. The maximum atomic E-state index is 14.3. The van der Waals surface area contributed by atoms with Crippen LogP contribution >= 0.6 is 11.3 Å². The van der Waals surface area contributed by atoms with Gasteiger partial charge >= 0.3 is 0 Å². The molecule has 1 aromatic heterocycles. The van der Waals surface area contributed by atoms with Crippen molar-refractivity contribution in [1.29, 1.82) is 0 Å². The van der Waals surface area contributed by atoms with E-state index in [1.54, 1.807) is 7.11 Å². The summed E-state index contributed by atoms with van der Waals surface area (Å²) in [6.45, 7) is 2.86. The highest BCUT2D eigenvalue weighted by Gasteiger charge is 2.32. The molecule has 48 heavy (non-hydrogen) atoms. The number of hydrogen-bond acceptors (Lipinski definition) is 6. The Kier molecular flexibility index (Phi) is 7.90. The molecule has 0 saturated heterocycles. The zero-order valence-electron chi connectivity index (χ0n) is 26.8. The van der Waals surface area contributed by atoms with E-state index < -0.39 is 0 Å². The Morgan fingerprint density at radius 3 is 2.60 bits per heavy atom. The van der Waals surface area contributed by atoms with E-state index >= 15 is 0 Å². The fourth-order valence-corrected chi connectivity index (χ4v) is 7.86. The monoisotopic (exact) mass is 650 g/mol. The molecule has 0 spiro atoms. The number of aromatic nitrogens is 1. The molecule has 2 heterocycles. The lowest BCUT2D eigenvalue weighted by Crippen LogP contribution is -2.38. The molecular weight excluding hydrogens is 617 g/mol. The third kappa shape index (κ3) is 5.40. The molecule has 0 amide bonds. The van der Waals surface area contributed by atoms with Crippen LogP contribution in [0, 0.1) is 0 Å². The summed E-state index contributed by atoms with van der Waals surface area (Å²) in [5.41, 5.74) is 7.47. The summed E-state index contributed by atoms with van der Waals surface area (Å²) < 4.78 is 20.4. The van der Waals surface area contributed by atoms with Gasteiger partial charge in [0.25, 0.3) is 5.56 Å². The van der Waals surface area contributed by atoms with Crippen LogP contribution in [0.5, 0.6) is 17.2 Å². The molecule has 5 aromatic carbocycles. The number of nitrogens with zero attached hydrogens (tertiary/aromatic N) is 2. The second kappa shape index (κ2) is 12.7. The summed E-state index contributed by atoms with van der Waals surface area (Å²) in [4.78, 5) is 20.1. The number of thiazole rings is 1. The Morgan fingerprint density at radius 2 is 1.71 bits per heavy atom. The van der Waals surface area contributed by atoms with Gasteiger partial charge in [-0.3, -0.25) is 9.36 Å². The Balaban J connectivity index is 1.20. The van der Waals surface area contributed by atoms with Crippen LogP contribution in [0.25, 0.3) is 22.5 Å². The number of methoxy groups -OCH3 is 1. The van der Waals surface area contributed by atoms with Crippen molar-refractivity contribution in [3.05, 3.63) is 162 Å². The Hall–Kier alpha value is -5.40. The lowest BCUT2D eigenvalue weighted by atomic mass is 9.83. The van der Waals surface area contributed by atoms with Crippen LogP contribution < -0.4 is 29.1 Å². The normalized spacial score (nSPS) is 15.4. The largest absolute Gasteiger partial charge is 0.497 e. The first-order valence-corrected chi connectivity index (χ1v) is 17.1. The van der Waals surface area contributed by atoms with Crippen LogP contribution in [0.4, 0.5) is 0 Å². The van der Waals surface area contributed by atoms with Crippen LogP contribution in [-0.4, -0.2) is 18.3 Å². The van der Waals surface area contributed by atoms with E-state index in [0.717, 1.165) is 52.1 Å². The predicted molar refractivity (Wildman–Crippen MR) is 192 cm³/mol. The highest BCUT2D eigenvalue weighted by molar-refractivity contribution is 7.07. The van der Waals surface area contributed by atoms with Crippen molar-refractivity contribution < 1.29 is 14.2 Å². The third-order valence-electron chi connectivity index (χ3n) is 9.11. The number of hydrogen-bond donors (Lipinski definition) is 0. The predicted octanol–water partition coefficient (Wildman–Crippen LogP) is 7.46. The van der Waals surface area contributed by atoms with Crippen molar-refractivity contribution in [3.63, 3.8) is 0 Å². The van der Waals surface area contributed by atoms with Crippen LogP contribution in [0.15, 0.2) is 125 Å². The molecule has 1 aliphatic heterocycles. The van der Waals surface area contributed by atoms with Gasteiger partial charge in [-0.25, -0.2) is 4.99 Å². The zero-order valence-corrected chi connectivity index (χ0v) is 27.6. The molecule has 1 atom stereocenters. The minimum atomic E-state index is -0.273. The van der Waals surface area contributed by atoms with Crippen molar-refractivity contribution in [3.8, 4) is 17.2 Å². The molecular formula is C41H34N2O4S. The topological polar surface area (TPSA) is 62.0 Å². The Bertz CT molecular complexity index is 2400. The molecule has 0 radical (unpaired) electrons. The molecule has 6 aromatic rings. The fourth-order valence-electron chi connectivity index (χ4n) is 6.86. The van der Waals surface area contributed by atoms with E-state index in [0.29, 0.717) is 34.0 Å². The van der Waals surface area contributed by atoms with Gasteiger partial charge in [0.15, 0.2) is 16.3 Å². The first kappa shape index (κ1) is 30.0. The first-order chi connectivity index (χ1) is 23.6. The van der Waals surface area contributed by atoms with Gasteiger partial charge in [-0.05, 0) is 88.7 Å². The van der Waals surface area contributed by atoms with Gasteiger partial charge in [0.2, 0.25) is 0 Å². The van der Waals surface area contributed by atoms with Crippen molar-refractivity contribution >= 4 is 33.9 Å². The second-order valence-electron chi connectivity index (χ2n) is 12.0. The molecule has 238 valence electrons. The molecule has 8 rings (SSSR count). The summed E-state index contributed by atoms with van der Waals surface area (Å²) in [6, 6.07) is 36.6. The van der Waals surface area contributed by atoms with Gasteiger partial charge < -0.3 is 14.2 Å². The Labute approximate surface area is 282 Å².